The minimum Gasteiger partial charge on any atom is -0.357 e. The number of piperazine rings is 1. The highest BCUT2D eigenvalue weighted by Gasteiger charge is 2.41. The normalized spacial score (nSPS) is 22.0. The molecule has 26 heavy (non-hydrogen) atoms. The van der Waals surface area contributed by atoms with E-state index in [1.165, 1.54) is 37.8 Å². The van der Waals surface area contributed by atoms with E-state index in [1.807, 2.05) is 6.92 Å². The number of nitrogens with one attached hydrogen (secondary N) is 1. The zero-order valence-electron chi connectivity index (χ0n) is 16.2. The monoisotopic (exact) mass is 377 g/mol. The van der Waals surface area contributed by atoms with E-state index >= 15 is 0 Å². The number of halogens is 3. The summed E-state index contributed by atoms with van der Waals surface area (Å²) in [7, 11) is 0. The maximum atomic E-state index is 12.9. The molecule has 1 N–H and O–H groups in total. The van der Waals surface area contributed by atoms with Crippen molar-refractivity contribution >= 4 is 5.96 Å². The lowest BCUT2D eigenvalue weighted by Gasteiger charge is -2.39. The zero-order chi connectivity index (χ0) is 19.0. The molecule has 152 valence electrons. The second-order valence-electron chi connectivity index (χ2n) is 7.23. The molecule has 2 aliphatic rings. The highest BCUT2D eigenvalue weighted by Crippen LogP contribution is 2.25. The quantitative estimate of drug-likeness (QED) is 0.420. The van der Waals surface area contributed by atoms with E-state index < -0.39 is 12.2 Å². The number of alkyl halides is 3. The van der Waals surface area contributed by atoms with Crippen molar-refractivity contribution < 1.29 is 13.2 Å². The molecule has 2 fully saturated rings. The molecule has 2 heterocycles. The number of hydrogen-bond donors (Lipinski definition) is 1. The predicted octanol–water partition coefficient (Wildman–Crippen LogP) is 2.40. The van der Waals surface area contributed by atoms with Gasteiger partial charge in [0.15, 0.2) is 5.96 Å². The molecule has 0 aromatic rings. The number of hydrogen-bond acceptors (Lipinski definition) is 3. The van der Waals surface area contributed by atoms with E-state index in [2.05, 4.69) is 15.1 Å². The molecule has 0 radical (unpaired) electrons. The van der Waals surface area contributed by atoms with Crippen LogP contribution in [-0.4, -0.2) is 91.8 Å². The Balaban J connectivity index is 1.74. The van der Waals surface area contributed by atoms with Crippen molar-refractivity contribution in [3.05, 3.63) is 0 Å². The Morgan fingerprint density at radius 3 is 2.27 bits per heavy atom. The first-order chi connectivity index (χ1) is 12.4. The summed E-state index contributed by atoms with van der Waals surface area (Å²) in [6.07, 6.45) is 0.690. The highest BCUT2D eigenvalue weighted by atomic mass is 19.4. The number of guanidine groups is 1. The molecule has 0 amide bonds. The fourth-order valence-electron chi connectivity index (χ4n) is 3.59. The molecular weight excluding hydrogens is 343 g/mol. The molecule has 2 saturated heterocycles. The Labute approximate surface area is 155 Å². The van der Waals surface area contributed by atoms with Crippen molar-refractivity contribution in [3.8, 4) is 0 Å². The third-order valence-electron chi connectivity index (χ3n) is 5.31. The molecule has 1 unspecified atom stereocenters. The van der Waals surface area contributed by atoms with Gasteiger partial charge >= 0.3 is 6.18 Å². The van der Waals surface area contributed by atoms with E-state index in [1.54, 1.807) is 0 Å². The Morgan fingerprint density at radius 1 is 1.04 bits per heavy atom. The molecule has 2 aliphatic heterocycles. The van der Waals surface area contributed by atoms with Crippen LogP contribution in [0.15, 0.2) is 4.99 Å². The summed E-state index contributed by atoms with van der Waals surface area (Å²) < 4.78 is 38.6. The van der Waals surface area contributed by atoms with Gasteiger partial charge in [-0.25, -0.2) is 0 Å². The Kier molecular flexibility index (Phi) is 8.47. The van der Waals surface area contributed by atoms with E-state index in [-0.39, 0.29) is 0 Å². The molecule has 0 saturated carbocycles. The standard InChI is InChI=1S/C18H34F3N5/c1-3-22-17(23-8-4-5-9-24-10-6-7-11-24)26-14-12-25(13-15-26)16(2)18(19,20)21/h16H,3-15H2,1-2H3,(H,22,23). The van der Waals surface area contributed by atoms with Crippen molar-refractivity contribution in [2.45, 2.75) is 51.7 Å². The number of likely N-dealkylation sites (tertiary alicyclic amines) is 1. The summed E-state index contributed by atoms with van der Waals surface area (Å²) in [5.41, 5.74) is 0. The van der Waals surface area contributed by atoms with Crippen LogP contribution in [-0.2, 0) is 0 Å². The molecule has 0 aromatic carbocycles. The second-order valence-corrected chi connectivity index (χ2v) is 7.23. The summed E-state index contributed by atoms with van der Waals surface area (Å²) in [5.74, 6) is 0.841. The fraction of sp³-hybridized carbons (Fsp3) is 0.944. The lowest BCUT2D eigenvalue weighted by molar-refractivity contribution is -0.181. The molecule has 5 nitrogen and oxygen atoms in total. The lowest BCUT2D eigenvalue weighted by atomic mass is 10.2. The number of unbranched alkanes of at least 4 members (excludes halogenated alkanes) is 1. The first kappa shape index (κ1) is 21.3. The minimum atomic E-state index is -4.16. The van der Waals surface area contributed by atoms with Gasteiger partial charge in [-0.2, -0.15) is 13.2 Å². The number of nitrogens with zero attached hydrogens (tertiary/aromatic N) is 4. The van der Waals surface area contributed by atoms with Gasteiger partial charge in [0.1, 0.15) is 6.04 Å². The van der Waals surface area contributed by atoms with Crippen molar-refractivity contribution in [2.24, 2.45) is 4.99 Å². The van der Waals surface area contributed by atoms with Crippen LogP contribution < -0.4 is 5.32 Å². The fourth-order valence-corrected chi connectivity index (χ4v) is 3.59. The molecule has 0 bridgehead atoms. The van der Waals surface area contributed by atoms with Crippen molar-refractivity contribution in [1.82, 2.24) is 20.0 Å². The summed E-state index contributed by atoms with van der Waals surface area (Å²) in [6, 6.07) is -1.38. The van der Waals surface area contributed by atoms with Crippen LogP contribution in [0.2, 0.25) is 0 Å². The molecule has 1 atom stereocenters. The molecule has 0 aromatic heterocycles. The number of rotatable bonds is 7. The first-order valence-corrected chi connectivity index (χ1v) is 9.98. The van der Waals surface area contributed by atoms with Crippen LogP contribution in [0.4, 0.5) is 13.2 Å². The van der Waals surface area contributed by atoms with Crippen LogP contribution in [0.25, 0.3) is 0 Å². The van der Waals surface area contributed by atoms with Crippen LogP contribution in [0.3, 0.4) is 0 Å². The Bertz CT molecular complexity index is 427. The predicted molar refractivity (Wildman–Crippen MR) is 99.5 cm³/mol. The second kappa shape index (κ2) is 10.3. The Morgan fingerprint density at radius 2 is 1.69 bits per heavy atom. The summed E-state index contributed by atoms with van der Waals surface area (Å²) >= 11 is 0. The molecule has 0 aliphatic carbocycles. The lowest BCUT2D eigenvalue weighted by Crippen LogP contribution is -2.56. The Hall–Kier alpha value is -1.02. The van der Waals surface area contributed by atoms with E-state index in [9.17, 15) is 13.2 Å². The smallest absolute Gasteiger partial charge is 0.357 e. The summed E-state index contributed by atoms with van der Waals surface area (Å²) in [6.45, 7) is 10.4. The average Bonchev–Trinajstić information content (AvgIpc) is 3.13. The van der Waals surface area contributed by atoms with E-state index in [0.29, 0.717) is 26.2 Å². The maximum absolute atomic E-state index is 12.9. The van der Waals surface area contributed by atoms with Gasteiger partial charge < -0.3 is 15.1 Å². The van der Waals surface area contributed by atoms with Crippen LogP contribution in [0.1, 0.15) is 39.5 Å². The van der Waals surface area contributed by atoms with Gasteiger partial charge in [0.2, 0.25) is 0 Å². The van der Waals surface area contributed by atoms with Crippen LogP contribution in [0, 0.1) is 0 Å². The topological polar surface area (TPSA) is 34.1 Å². The van der Waals surface area contributed by atoms with Crippen LogP contribution >= 0.6 is 0 Å². The van der Waals surface area contributed by atoms with Gasteiger partial charge in [-0.3, -0.25) is 9.89 Å². The van der Waals surface area contributed by atoms with Gasteiger partial charge in [0.25, 0.3) is 0 Å². The van der Waals surface area contributed by atoms with Gasteiger partial charge in [0.05, 0.1) is 0 Å². The number of aliphatic imine (C=N–C) groups is 1. The molecular formula is C18H34F3N5. The SMILES string of the molecule is CCNC(=NCCCCN1CCCC1)N1CCN(C(C)C(F)(F)F)CC1. The first-order valence-electron chi connectivity index (χ1n) is 9.98. The zero-order valence-corrected chi connectivity index (χ0v) is 16.2. The van der Waals surface area contributed by atoms with E-state index in [4.69, 9.17) is 4.99 Å². The van der Waals surface area contributed by atoms with Crippen LogP contribution in [0.5, 0.6) is 0 Å². The minimum absolute atomic E-state index is 0.417. The molecule has 8 heteroatoms. The van der Waals surface area contributed by atoms with Gasteiger partial charge in [-0.1, -0.05) is 0 Å². The summed E-state index contributed by atoms with van der Waals surface area (Å²) in [4.78, 5) is 10.8. The van der Waals surface area contributed by atoms with Gasteiger partial charge in [-0.15, -0.1) is 0 Å². The molecule has 2 rings (SSSR count). The molecule has 0 spiro atoms. The van der Waals surface area contributed by atoms with Gasteiger partial charge in [0, 0.05) is 39.3 Å². The largest absolute Gasteiger partial charge is 0.403 e. The van der Waals surface area contributed by atoms with Crippen molar-refractivity contribution in [1.29, 1.82) is 0 Å². The third kappa shape index (κ3) is 6.61. The highest BCUT2D eigenvalue weighted by molar-refractivity contribution is 5.80. The van der Waals surface area contributed by atoms with Gasteiger partial charge in [-0.05, 0) is 59.2 Å². The van der Waals surface area contributed by atoms with E-state index in [0.717, 1.165) is 38.4 Å². The van der Waals surface area contributed by atoms with Crippen molar-refractivity contribution in [3.63, 3.8) is 0 Å². The maximum Gasteiger partial charge on any atom is 0.403 e. The third-order valence-corrected chi connectivity index (χ3v) is 5.31. The summed E-state index contributed by atoms with van der Waals surface area (Å²) in [5, 5.41) is 3.28. The van der Waals surface area contributed by atoms with Crippen molar-refractivity contribution in [2.75, 3.05) is 58.9 Å². The average molecular weight is 377 g/mol.